The van der Waals surface area contributed by atoms with Gasteiger partial charge in [0.2, 0.25) is 17.7 Å². The highest BCUT2D eigenvalue weighted by atomic mass is 19.3. The van der Waals surface area contributed by atoms with Gasteiger partial charge in [-0.05, 0) is 125 Å². The molecule has 14 nitrogen and oxygen atoms in total. The molecule has 5 aromatic heterocycles. The number of hydrogen-bond acceptors (Lipinski definition) is 10. The highest BCUT2D eigenvalue weighted by molar-refractivity contribution is 6.09. The number of imide groups is 1. The van der Waals surface area contributed by atoms with Gasteiger partial charge >= 0.3 is 0 Å². The van der Waals surface area contributed by atoms with Crippen molar-refractivity contribution in [2.75, 3.05) is 38.7 Å². The fraction of sp³-hybridized carbons (Fsp3) is 0.479. The number of oxazole rings is 1. The molecule has 2 aliphatic carbocycles. The van der Waals surface area contributed by atoms with Crippen molar-refractivity contribution < 1.29 is 32.3 Å². The first-order chi connectivity index (χ1) is 31.2. The fourth-order valence-electron chi connectivity index (χ4n) is 9.42. The Labute approximate surface area is 370 Å². The Kier molecular flexibility index (Phi) is 13.2. The minimum Gasteiger partial charge on any atom is -0.444 e. The van der Waals surface area contributed by atoms with E-state index < -0.39 is 24.1 Å². The van der Waals surface area contributed by atoms with Gasteiger partial charge in [-0.3, -0.25) is 29.4 Å². The van der Waals surface area contributed by atoms with Crippen LogP contribution < -0.4 is 10.6 Å². The SMILES string of the molecule is CN(CCCOCCCc1ccc2c(c1)c1cccnc1n2C1CCC(=O)NC1=O)CC1CCC(n2cc(NC(=O)c3coc(-c4ccnc(CCC5CC5)c4)n3)c(C(F)F)n2)CC1. The molecule has 1 unspecified atom stereocenters. The van der Waals surface area contributed by atoms with Gasteiger partial charge in [0.15, 0.2) is 11.4 Å². The molecule has 0 radical (unpaired) electrons. The molecular weight excluding hydrogens is 821 g/mol. The summed E-state index contributed by atoms with van der Waals surface area (Å²) in [5, 5.41) is 11.4. The molecule has 64 heavy (non-hydrogen) atoms. The lowest BCUT2D eigenvalue weighted by Gasteiger charge is -2.31. The van der Waals surface area contributed by atoms with Crippen molar-refractivity contribution in [1.82, 2.24) is 39.5 Å². The molecular formula is C48H55F2N9O5. The standard InChI is InChI=1S/C48H55F2N9O5/c1-57(22-4-24-63-23-3-5-31-12-16-40-37(25-31)36-6-2-20-52-45(36)59(40)41-17-18-42(60)55-47(41)62)27-32-10-14-35(15-11-32)58-28-38(43(56-58)44(49)50)53-46(61)39-29-64-48(54-39)33-19-21-51-34(26-33)13-9-30-7-8-30/h2,6,12,16,19-21,25-26,28-30,32,35,41,44H,3-5,7-11,13-15,17-18,22-24,27H2,1H3,(H,53,61)(H,55,60,62). The number of alkyl halides is 2. The van der Waals surface area contributed by atoms with Crippen molar-refractivity contribution in [2.45, 2.75) is 102 Å². The van der Waals surface area contributed by atoms with Crippen molar-refractivity contribution in [3.63, 3.8) is 0 Å². The monoisotopic (exact) mass is 875 g/mol. The number of piperidine rings is 1. The van der Waals surface area contributed by atoms with E-state index >= 15 is 0 Å². The summed E-state index contributed by atoms with van der Waals surface area (Å²) in [6, 6.07) is 13.5. The number of benzene rings is 1. The normalized spacial score (nSPS) is 19.3. The van der Waals surface area contributed by atoms with Crippen LogP contribution in [0.2, 0.25) is 0 Å². The molecule has 3 amide bonds. The van der Waals surface area contributed by atoms with Crippen LogP contribution in [0.3, 0.4) is 0 Å². The number of aromatic nitrogens is 6. The summed E-state index contributed by atoms with van der Waals surface area (Å²) in [5.74, 6) is 0.390. The van der Waals surface area contributed by atoms with E-state index in [0.29, 0.717) is 37.5 Å². The molecule has 9 rings (SSSR count). The van der Waals surface area contributed by atoms with Crippen LogP contribution in [0.5, 0.6) is 0 Å². The second-order valence-corrected chi connectivity index (χ2v) is 17.8. The lowest BCUT2D eigenvalue weighted by Crippen LogP contribution is -2.41. The Balaban J connectivity index is 0.693. The zero-order valence-electron chi connectivity index (χ0n) is 36.2. The largest absolute Gasteiger partial charge is 0.444 e. The molecule has 1 aliphatic heterocycles. The summed E-state index contributed by atoms with van der Waals surface area (Å²) in [7, 11) is 2.13. The van der Waals surface area contributed by atoms with Crippen LogP contribution >= 0.6 is 0 Å². The van der Waals surface area contributed by atoms with Crippen molar-refractivity contribution in [3.8, 4) is 11.5 Å². The lowest BCUT2D eigenvalue weighted by molar-refractivity contribution is -0.135. The van der Waals surface area contributed by atoms with Crippen LogP contribution in [0.4, 0.5) is 14.5 Å². The molecule has 1 atom stereocenters. The second kappa shape index (κ2) is 19.5. The van der Waals surface area contributed by atoms with Crippen LogP contribution in [0, 0.1) is 11.8 Å². The van der Waals surface area contributed by atoms with Gasteiger partial charge in [0.1, 0.15) is 18.0 Å². The molecule has 0 spiro atoms. The predicted octanol–water partition coefficient (Wildman–Crippen LogP) is 8.65. The number of amides is 3. The summed E-state index contributed by atoms with van der Waals surface area (Å²) in [6.45, 7) is 3.20. The van der Waals surface area contributed by atoms with E-state index in [-0.39, 0.29) is 35.1 Å². The Morgan fingerprint density at radius 1 is 0.969 bits per heavy atom. The number of ether oxygens (including phenoxy) is 1. The molecule has 2 N–H and O–H groups in total. The number of carbonyl (C=O) groups excluding carboxylic acids is 3. The minimum absolute atomic E-state index is 0.00424. The van der Waals surface area contributed by atoms with Crippen molar-refractivity contribution in [2.24, 2.45) is 11.8 Å². The summed E-state index contributed by atoms with van der Waals surface area (Å²) in [6.07, 6.45) is 14.8. The van der Waals surface area contributed by atoms with E-state index in [4.69, 9.17) is 9.15 Å². The van der Waals surface area contributed by atoms with Crippen molar-refractivity contribution in [3.05, 3.63) is 90.0 Å². The zero-order valence-corrected chi connectivity index (χ0v) is 36.2. The summed E-state index contributed by atoms with van der Waals surface area (Å²) < 4.78 is 43.5. The second-order valence-electron chi connectivity index (χ2n) is 17.8. The van der Waals surface area contributed by atoms with E-state index in [2.05, 4.69) is 60.8 Å². The smallest absolute Gasteiger partial charge is 0.284 e. The minimum atomic E-state index is -2.85. The van der Waals surface area contributed by atoms with E-state index in [1.54, 1.807) is 23.1 Å². The molecule has 3 fully saturated rings. The fourth-order valence-corrected chi connectivity index (χ4v) is 9.42. The average molecular weight is 876 g/mol. The molecule has 2 saturated carbocycles. The van der Waals surface area contributed by atoms with Crippen molar-refractivity contribution >= 4 is 45.3 Å². The van der Waals surface area contributed by atoms with Gasteiger partial charge in [-0.15, -0.1) is 0 Å². The number of nitrogens with one attached hydrogen (secondary N) is 2. The summed E-state index contributed by atoms with van der Waals surface area (Å²) >= 11 is 0. The Bertz CT molecular complexity index is 2610. The number of rotatable bonds is 19. The number of hydrogen-bond donors (Lipinski definition) is 2. The van der Waals surface area contributed by atoms with E-state index in [1.165, 1.54) is 30.9 Å². The van der Waals surface area contributed by atoms with Gasteiger partial charge in [0.25, 0.3) is 12.3 Å². The van der Waals surface area contributed by atoms with Crippen LogP contribution in [-0.4, -0.2) is 85.3 Å². The van der Waals surface area contributed by atoms with Gasteiger partial charge in [-0.2, -0.15) is 5.10 Å². The first-order valence-corrected chi connectivity index (χ1v) is 22.7. The van der Waals surface area contributed by atoms with Gasteiger partial charge in [-0.25, -0.2) is 18.7 Å². The number of nitrogens with zero attached hydrogens (tertiary/aromatic N) is 7. The Hall–Kier alpha value is -5.87. The number of fused-ring (bicyclic) bond motifs is 3. The third kappa shape index (κ3) is 10.1. The predicted molar refractivity (Wildman–Crippen MR) is 237 cm³/mol. The molecule has 3 aliphatic rings. The number of halogens is 2. The van der Waals surface area contributed by atoms with Crippen LogP contribution in [0.25, 0.3) is 33.4 Å². The molecule has 1 saturated heterocycles. The van der Waals surface area contributed by atoms with Crippen LogP contribution in [0.1, 0.15) is 117 Å². The number of pyridine rings is 2. The maximum Gasteiger partial charge on any atom is 0.284 e. The average Bonchev–Trinajstić information content (AvgIpc) is 3.66. The highest BCUT2D eigenvalue weighted by Gasteiger charge is 2.32. The molecule has 0 bridgehead atoms. The summed E-state index contributed by atoms with van der Waals surface area (Å²) in [4.78, 5) is 53.5. The Morgan fingerprint density at radius 3 is 2.61 bits per heavy atom. The quantitative estimate of drug-likeness (QED) is 0.0595. The first-order valence-electron chi connectivity index (χ1n) is 22.7. The summed E-state index contributed by atoms with van der Waals surface area (Å²) in [5.41, 5.74) is 4.05. The van der Waals surface area contributed by atoms with Crippen LogP contribution in [-0.2, 0) is 27.2 Å². The van der Waals surface area contributed by atoms with Crippen LogP contribution in [0.15, 0.2) is 71.7 Å². The molecule has 1 aromatic carbocycles. The topological polar surface area (TPSA) is 162 Å². The maximum atomic E-state index is 14.2. The van der Waals surface area contributed by atoms with Gasteiger partial charge in [0.05, 0.1) is 17.2 Å². The number of anilines is 1. The van der Waals surface area contributed by atoms with Gasteiger partial charge in [-0.1, -0.05) is 18.9 Å². The van der Waals surface area contributed by atoms with E-state index in [1.807, 2.05) is 22.8 Å². The molecule has 336 valence electrons. The number of carbonyl (C=O) groups is 3. The Morgan fingerprint density at radius 2 is 1.80 bits per heavy atom. The third-order valence-corrected chi connectivity index (χ3v) is 13.0. The number of aryl methyl sites for hydroxylation is 2. The lowest BCUT2D eigenvalue weighted by atomic mass is 9.86. The van der Waals surface area contributed by atoms with E-state index in [9.17, 15) is 23.2 Å². The van der Waals surface area contributed by atoms with Gasteiger partial charge < -0.3 is 23.9 Å². The third-order valence-electron chi connectivity index (χ3n) is 13.0. The van der Waals surface area contributed by atoms with Gasteiger partial charge in [0, 0.05) is 73.3 Å². The zero-order chi connectivity index (χ0) is 44.2. The highest BCUT2D eigenvalue weighted by Crippen LogP contribution is 2.37. The van der Waals surface area contributed by atoms with E-state index in [0.717, 1.165) is 104 Å². The maximum absolute atomic E-state index is 14.2. The molecule has 6 aromatic rings. The van der Waals surface area contributed by atoms with Crippen molar-refractivity contribution in [1.29, 1.82) is 0 Å². The first kappa shape index (κ1) is 43.4. The molecule has 6 heterocycles. The molecule has 16 heteroatoms.